The van der Waals surface area contributed by atoms with Crippen LogP contribution in [0.25, 0.3) is 11.1 Å². The zero-order valence-corrected chi connectivity index (χ0v) is 15.9. The van der Waals surface area contributed by atoms with Gasteiger partial charge in [-0.05, 0) is 42.8 Å². The van der Waals surface area contributed by atoms with Gasteiger partial charge in [-0.15, -0.1) is 0 Å². The van der Waals surface area contributed by atoms with Gasteiger partial charge >= 0.3 is 0 Å². The third-order valence-corrected chi connectivity index (χ3v) is 4.48. The van der Waals surface area contributed by atoms with Crippen LogP contribution < -0.4 is 15.0 Å². The summed E-state index contributed by atoms with van der Waals surface area (Å²) in [6.07, 6.45) is 3.61. The second-order valence-corrected chi connectivity index (χ2v) is 6.63. The molecule has 0 aliphatic rings. The molecule has 0 amide bonds. The van der Waals surface area contributed by atoms with Gasteiger partial charge < -0.3 is 14.0 Å². The van der Waals surface area contributed by atoms with Crippen LogP contribution in [0.2, 0.25) is 0 Å². The van der Waals surface area contributed by atoms with Crippen LogP contribution in [0, 0.1) is 18.6 Å². The molecule has 7 heteroatoms. The third-order valence-electron chi connectivity index (χ3n) is 4.04. The number of pyridine rings is 1. The Morgan fingerprint density at radius 3 is 2.48 bits per heavy atom. The fraction of sp³-hybridized carbons (Fsp3) is 0.150. The molecule has 140 valence electrons. The first-order valence-corrected chi connectivity index (χ1v) is 9.35. The summed E-state index contributed by atoms with van der Waals surface area (Å²) in [6.45, 7) is 1.83. The summed E-state index contributed by atoms with van der Waals surface area (Å²) in [5.41, 5.74) is 2.94. The maximum Gasteiger partial charge on any atom is 0.250 e. The van der Waals surface area contributed by atoms with E-state index in [9.17, 15) is 13.6 Å². The summed E-state index contributed by atoms with van der Waals surface area (Å²) in [5, 5.41) is 0. The zero-order valence-electron chi connectivity index (χ0n) is 15.0. The van der Waals surface area contributed by atoms with Crippen LogP contribution in [0.15, 0.2) is 53.5 Å². The average molecular weight is 388 g/mol. The Morgan fingerprint density at radius 1 is 1.04 bits per heavy atom. The van der Waals surface area contributed by atoms with E-state index in [4.69, 9.17) is 4.74 Å². The second kappa shape index (κ2) is 7.84. The van der Waals surface area contributed by atoms with Crippen molar-refractivity contribution >= 4 is 17.6 Å². The predicted octanol–water partition coefficient (Wildman–Crippen LogP) is 5.12. The number of aryl methyl sites for hydroxylation is 2. The highest BCUT2D eigenvalue weighted by atomic mass is 32.2. The van der Waals surface area contributed by atoms with E-state index in [0.29, 0.717) is 11.3 Å². The Labute approximate surface area is 159 Å². The van der Waals surface area contributed by atoms with E-state index in [1.165, 1.54) is 28.6 Å². The van der Waals surface area contributed by atoms with Gasteiger partial charge in [0.25, 0.3) is 5.56 Å². The van der Waals surface area contributed by atoms with E-state index in [0.717, 1.165) is 28.9 Å². The highest BCUT2D eigenvalue weighted by Gasteiger charge is 2.15. The van der Waals surface area contributed by atoms with Gasteiger partial charge in [-0.1, -0.05) is 11.9 Å². The van der Waals surface area contributed by atoms with E-state index in [-0.39, 0.29) is 11.3 Å². The van der Waals surface area contributed by atoms with Crippen LogP contribution in [0.3, 0.4) is 0 Å². The molecule has 4 nitrogen and oxygen atoms in total. The smallest absolute Gasteiger partial charge is 0.250 e. The lowest BCUT2D eigenvalue weighted by molar-refractivity contribution is 0.439. The molecular weight excluding hydrogens is 370 g/mol. The number of hydrogen-bond acceptors (Lipinski definition) is 4. The Morgan fingerprint density at radius 2 is 1.78 bits per heavy atom. The molecule has 0 unspecified atom stereocenters. The van der Waals surface area contributed by atoms with E-state index < -0.39 is 11.6 Å². The fourth-order valence-corrected chi connectivity index (χ4v) is 3.06. The minimum absolute atomic E-state index is 0.0781. The van der Waals surface area contributed by atoms with Gasteiger partial charge in [0.15, 0.2) is 11.6 Å². The van der Waals surface area contributed by atoms with Crippen LogP contribution in [0.5, 0.6) is 11.5 Å². The minimum Gasteiger partial charge on any atom is -0.454 e. The molecule has 0 saturated carbocycles. The lowest BCUT2D eigenvalue weighted by Gasteiger charge is -2.16. The predicted molar refractivity (Wildman–Crippen MR) is 105 cm³/mol. The van der Waals surface area contributed by atoms with Crippen molar-refractivity contribution in [1.82, 2.24) is 4.57 Å². The van der Waals surface area contributed by atoms with Crippen molar-refractivity contribution in [2.45, 2.75) is 6.92 Å². The second-order valence-electron chi connectivity index (χ2n) is 6.01. The molecule has 0 bridgehead atoms. The van der Waals surface area contributed by atoms with Gasteiger partial charge in [-0.2, -0.15) is 0 Å². The molecule has 1 N–H and O–H groups in total. The van der Waals surface area contributed by atoms with Crippen LogP contribution in [0.4, 0.5) is 14.5 Å². The van der Waals surface area contributed by atoms with Crippen molar-refractivity contribution in [3.63, 3.8) is 0 Å². The summed E-state index contributed by atoms with van der Waals surface area (Å²) >= 11 is 1.43. The van der Waals surface area contributed by atoms with Gasteiger partial charge in [-0.3, -0.25) is 4.79 Å². The Hall–Kier alpha value is -2.80. The number of nitrogens with zero attached hydrogens (tertiary/aromatic N) is 1. The monoisotopic (exact) mass is 388 g/mol. The Balaban J connectivity index is 2.14. The summed E-state index contributed by atoms with van der Waals surface area (Å²) in [5.74, 6) is -1.14. The van der Waals surface area contributed by atoms with Gasteiger partial charge in [0, 0.05) is 48.4 Å². The molecule has 1 heterocycles. The first kappa shape index (κ1) is 19.0. The number of halogens is 2. The maximum atomic E-state index is 14.0. The summed E-state index contributed by atoms with van der Waals surface area (Å²) in [7, 11) is 1.66. The van der Waals surface area contributed by atoms with Crippen LogP contribution >= 0.6 is 11.9 Å². The molecule has 3 rings (SSSR count). The summed E-state index contributed by atoms with van der Waals surface area (Å²) in [6, 6.07) is 10.1. The van der Waals surface area contributed by atoms with Crippen LogP contribution in [-0.2, 0) is 7.05 Å². The number of ether oxygens (including phenoxy) is 1. The molecule has 0 atom stereocenters. The third kappa shape index (κ3) is 4.14. The van der Waals surface area contributed by atoms with Crippen LogP contribution in [-0.4, -0.2) is 10.8 Å². The maximum absolute atomic E-state index is 14.0. The fourth-order valence-electron chi connectivity index (χ4n) is 2.69. The van der Waals surface area contributed by atoms with Crippen molar-refractivity contribution < 1.29 is 13.5 Å². The molecule has 0 aliphatic carbocycles. The number of hydrogen-bond donors (Lipinski definition) is 1. The quantitative estimate of drug-likeness (QED) is 0.616. The van der Waals surface area contributed by atoms with Gasteiger partial charge in [0.05, 0.1) is 0 Å². The number of anilines is 1. The number of benzene rings is 2. The summed E-state index contributed by atoms with van der Waals surface area (Å²) < 4.78 is 37.6. The molecule has 0 fully saturated rings. The Bertz CT molecular complexity index is 1050. The molecule has 0 radical (unpaired) electrons. The normalized spacial score (nSPS) is 10.7. The number of aromatic nitrogens is 1. The van der Waals surface area contributed by atoms with Crippen molar-refractivity contribution in [2.75, 3.05) is 11.0 Å². The van der Waals surface area contributed by atoms with Crippen molar-refractivity contribution in [2.24, 2.45) is 7.05 Å². The Kier molecular flexibility index (Phi) is 5.51. The van der Waals surface area contributed by atoms with E-state index in [2.05, 4.69) is 4.72 Å². The highest BCUT2D eigenvalue weighted by Crippen LogP contribution is 2.37. The molecule has 0 saturated heterocycles. The first-order chi connectivity index (χ1) is 12.9. The van der Waals surface area contributed by atoms with Gasteiger partial charge in [0.2, 0.25) is 0 Å². The standard InChI is InChI=1S/C20H18F2N2O2S/c1-12-8-20(25)24(2)11-16(12)15-10-14(23-27-3)5-7-18(15)26-19-6-4-13(21)9-17(19)22/h4-11,23H,1-3H3. The largest absolute Gasteiger partial charge is 0.454 e. The molecule has 27 heavy (non-hydrogen) atoms. The molecule has 0 spiro atoms. The van der Waals surface area contributed by atoms with E-state index >= 15 is 0 Å². The van der Waals surface area contributed by atoms with E-state index in [1.807, 2.05) is 19.2 Å². The molecule has 3 aromatic rings. The zero-order chi connectivity index (χ0) is 19.6. The SMILES string of the molecule is CSNc1ccc(Oc2ccc(F)cc2F)c(-c2cn(C)c(=O)cc2C)c1. The summed E-state index contributed by atoms with van der Waals surface area (Å²) in [4.78, 5) is 11.9. The minimum atomic E-state index is -0.788. The van der Waals surface area contributed by atoms with Crippen molar-refractivity contribution in [3.05, 3.63) is 76.2 Å². The van der Waals surface area contributed by atoms with Crippen LogP contribution in [0.1, 0.15) is 5.56 Å². The highest BCUT2D eigenvalue weighted by molar-refractivity contribution is 7.99. The molecule has 1 aromatic heterocycles. The number of nitrogens with one attached hydrogen (secondary N) is 1. The molecule has 0 aliphatic heterocycles. The topological polar surface area (TPSA) is 43.3 Å². The average Bonchev–Trinajstić information content (AvgIpc) is 2.62. The van der Waals surface area contributed by atoms with E-state index in [1.54, 1.807) is 25.4 Å². The lowest BCUT2D eigenvalue weighted by atomic mass is 10.0. The van der Waals surface area contributed by atoms with Gasteiger partial charge in [-0.25, -0.2) is 8.78 Å². The number of rotatable bonds is 5. The molecular formula is C20H18F2N2O2S. The first-order valence-electron chi connectivity index (χ1n) is 8.12. The van der Waals surface area contributed by atoms with Gasteiger partial charge in [0.1, 0.15) is 11.6 Å². The van der Waals surface area contributed by atoms with Crippen molar-refractivity contribution in [1.29, 1.82) is 0 Å². The molecule has 2 aromatic carbocycles. The lowest BCUT2D eigenvalue weighted by Crippen LogP contribution is -2.15. The van der Waals surface area contributed by atoms with Crippen molar-refractivity contribution in [3.8, 4) is 22.6 Å².